The van der Waals surface area contributed by atoms with E-state index < -0.39 is 11.5 Å². The zero-order valence-electron chi connectivity index (χ0n) is 11.1. The highest BCUT2D eigenvalue weighted by atomic mass is 127. The number of rotatable bonds is 5. The fourth-order valence-electron chi connectivity index (χ4n) is 1.34. The molecule has 1 aromatic carbocycles. The normalized spacial score (nSPS) is 11.2. The average molecular weight is 376 g/mol. The van der Waals surface area contributed by atoms with Crippen molar-refractivity contribution in [3.63, 3.8) is 0 Å². The lowest BCUT2D eigenvalue weighted by atomic mass is 10.1. The lowest BCUT2D eigenvalue weighted by Gasteiger charge is -2.20. The second kappa shape index (κ2) is 6.33. The number of anilines is 1. The van der Waals surface area contributed by atoms with Crippen LogP contribution in [0.3, 0.4) is 0 Å². The van der Waals surface area contributed by atoms with Gasteiger partial charge >= 0.3 is 5.97 Å². The van der Waals surface area contributed by atoms with Crippen LogP contribution in [0.1, 0.15) is 19.4 Å². The van der Waals surface area contributed by atoms with Gasteiger partial charge in [-0.3, -0.25) is 14.9 Å². The van der Waals surface area contributed by atoms with E-state index in [4.69, 9.17) is 5.11 Å². The number of hydrogen-bond donors (Lipinski definition) is 3. The number of amides is 1. The topological polar surface area (TPSA) is 78.4 Å². The van der Waals surface area contributed by atoms with Gasteiger partial charge in [0.25, 0.3) is 0 Å². The molecule has 0 aliphatic carbocycles. The summed E-state index contributed by atoms with van der Waals surface area (Å²) >= 11 is 2.20. The highest BCUT2D eigenvalue weighted by Gasteiger charge is 2.26. The van der Waals surface area contributed by atoms with Crippen LogP contribution in [0, 0.1) is 10.5 Å². The molecule has 1 aromatic rings. The number of aryl methyl sites for hydroxylation is 1. The largest absolute Gasteiger partial charge is 0.480 e. The summed E-state index contributed by atoms with van der Waals surface area (Å²) in [5.41, 5.74) is 0.580. The van der Waals surface area contributed by atoms with Gasteiger partial charge in [-0.15, -0.1) is 0 Å². The Bertz CT molecular complexity index is 501. The summed E-state index contributed by atoms with van der Waals surface area (Å²) in [5.74, 6) is -1.26. The lowest BCUT2D eigenvalue weighted by molar-refractivity contribution is -0.143. The van der Waals surface area contributed by atoms with Crippen molar-refractivity contribution in [2.75, 3.05) is 11.9 Å². The summed E-state index contributed by atoms with van der Waals surface area (Å²) < 4.78 is 1.10. The second-order valence-electron chi connectivity index (χ2n) is 4.79. The molecule has 6 heteroatoms. The van der Waals surface area contributed by atoms with Gasteiger partial charge in [-0.05, 0) is 67.1 Å². The van der Waals surface area contributed by atoms with Crippen LogP contribution in [0.25, 0.3) is 0 Å². The molecular weight excluding hydrogens is 359 g/mol. The monoisotopic (exact) mass is 376 g/mol. The minimum absolute atomic E-state index is 0.0509. The summed E-state index contributed by atoms with van der Waals surface area (Å²) in [7, 11) is 0. The van der Waals surface area contributed by atoms with Crippen molar-refractivity contribution >= 4 is 40.2 Å². The minimum atomic E-state index is -1.13. The number of hydrogen-bond acceptors (Lipinski definition) is 3. The quantitative estimate of drug-likeness (QED) is 0.687. The van der Waals surface area contributed by atoms with Crippen molar-refractivity contribution in [2.45, 2.75) is 26.3 Å². The molecule has 0 radical (unpaired) electrons. The fraction of sp³-hybridized carbons (Fsp3) is 0.385. The van der Waals surface area contributed by atoms with E-state index in [9.17, 15) is 9.59 Å². The molecule has 0 aliphatic rings. The Morgan fingerprint density at radius 3 is 2.53 bits per heavy atom. The number of halogens is 1. The van der Waals surface area contributed by atoms with Gasteiger partial charge in [-0.1, -0.05) is 0 Å². The number of carbonyl (C=O) groups is 2. The summed E-state index contributed by atoms with van der Waals surface area (Å²) in [6.45, 7) is 4.88. The number of carboxylic acid groups (broad SMARTS) is 1. The molecule has 104 valence electrons. The predicted molar refractivity (Wildman–Crippen MR) is 82.2 cm³/mol. The van der Waals surface area contributed by atoms with Crippen molar-refractivity contribution in [1.29, 1.82) is 0 Å². The highest BCUT2D eigenvalue weighted by molar-refractivity contribution is 14.1. The molecule has 0 spiro atoms. The number of nitrogens with one attached hydrogen (secondary N) is 2. The molecule has 0 unspecified atom stereocenters. The summed E-state index contributed by atoms with van der Waals surface area (Å²) in [5, 5.41) is 14.4. The van der Waals surface area contributed by atoms with Crippen LogP contribution in [-0.2, 0) is 9.59 Å². The molecule has 3 N–H and O–H groups in total. The molecule has 0 aromatic heterocycles. The van der Waals surface area contributed by atoms with E-state index in [2.05, 4.69) is 33.2 Å². The highest BCUT2D eigenvalue weighted by Crippen LogP contribution is 2.17. The van der Waals surface area contributed by atoms with Crippen molar-refractivity contribution in [3.05, 3.63) is 27.3 Å². The van der Waals surface area contributed by atoms with Crippen LogP contribution in [0.2, 0.25) is 0 Å². The third-order valence-electron chi connectivity index (χ3n) is 2.69. The number of carbonyl (C=O) groups excluding carboxylic acids is 1. The maximum absolute atomic E-state index is 11.8. The maximum atomic E-state index is 11.8. The minimum Gasteiger partial charge on any atom is -0.480 e. The third-order valence-corrected chi connectivity index (χ3v) is 3.36. The van der Waals surface area contributed by atoms with Gasteiger partial charge < -0.3 is 10.4 Å². The first kappa shape index (κ1) is 15.9. The Balaban J connectivity index is 2.59. The van der Waals surface area contributed by atoms with E-state index in [1.165, 1.54) is 13.8 Å². The molecule has 0 fully saturated rings. The van der Waals surface area contributed by atoms with E-state index in [1.54, 1.807) is 0 Å². The van der Waals surface area contributed by atoms with Crippen LogP contribution >= 0.6 is 22.6 Å². The molecule has 19 heavy (non-hydrogen) atoms. The van der Waals surface area contributed by atoms with Gasteiger partial charge in [0, 0.05) is 9.26 Å². The lowest BCUT2D eigenvalue weighted by Crippen LogP contribution is -2.49. The molecule has 1 amide bonds. The first-order valence-corrected chi connectivity index (χ1v) is 6.84. The van der Waals surface area contributed by atoms with Gasteiger partial charge in [0.1, 0.15) is 5.54 Å². The van der Waals surface area contributed by atoms with Crippen molar-refractivity contribution in [3.8, 4) is 0 Å². The van der Waals surface area contributed by atoms with Crippen LogP contribution in [0.5, 0.6) is 0 Å². The Morgan fingerprint density at radius 1 is 1.37 bits per heavy atom. The van der Waals surface area contributed by atoms with Crippen LogP contribution in [0.4, 0.5) is 5.69 Å². The van der Waals surface area contributed by atoms with E-state index in [0.29, 0.717) is 0 Å². The van der Waals surface area contributed by atoms with Gasteiger partial charge in [-0.25, -0.2) is 0 Å². The zero-order chi connectivity index (χ0) is 14.6. The Kier molecular flexibility index (Phi) is 5.30. The Morgan fingerprint density at radius 2 is 2.00 bits per heavy atom. The molecule has 0 saturated carbocycles. The SMILES string of the molecule is Cc1cc(I)ccc1NC(=O)CNC(C)(C)C(=O)O. The molecular formula is C13H17IN2O3. The smallest absolute Gasteiger partial charge is 0.323 e. The molecule has 1 rings (SSSR count). The number of carboxylic acids is 1. The van der Waals surface area contributed by atoms with Crippen molar-refractivity contribution in [1.82, 2.24) is 5.32 Å². The zero-order valence-corrected chi connectivity index (χ0v) is 13.2. The van der Waals surface area contributed by atoms with Crippen molar-refractivity contribution < 1.29 is 14.7 Å². The van der Waals surface area contributed by atoms with E-state index >= 15 is 0 Å². The van der Waals surface area contributed by atoms with Crippen LogP contribution in [0.15, 0.2) is 18.2 Å². The second-order valence-corrected chi connectivity index (χ2v) is 6.04. The first-order chi connectivity index (χ1) is 8.72. The van der Waals surface area contributed by atoms with Gasteiger partial charge in [0.05, 0.1) is 6.54 Å². The summed E-state index contributed by atoms with van der Waals surface area (Å²) in [4.78, 5) is 22.6. The van der Waals surface area contributed by atoms with Crippen LogP contribution < -0.4 is 10.6 Å². The third kappa shape index (κ3) is 4.79. The Labute approximate surface area is 125 Å². The average Bonchev–Trinajstić information content (AvgIpc) is 2.30. The fourth-order valence-corrected chi connectivity index (χ4v) is 1.99. The van der Waals surface area contributed by atoms with Gasteiger partial charge in [-0.2, -0.15) is 0 Å². The van der Waals surface area contributed by atoms with Gasteiger partial charge in [0.15, 0.2) is 0 Å². The van der Waals surface area contributed by atoms with Gasteiger partial charge in [0.2, 0.25) is 5.91 Å². The Hall–Kier alpha value is -1.15. The van der Waals surface area contributed by atoms with Crippen LogP contribution in [-0.4, -0.2) is 29.1 Å². The van der Waals surface area contributed by atoms with E-state index in [1.807, 2.05) is 25.1 Å². The van der Waals surface area contributed by atoms with E-state index in [-0.39, 0.29) is 12.5 Å². The maximum Gasteiger partial charge on any atom is 0.323 e. The summed E-state index contributed by atoms with van der Waals surface area (Å²) in [6, 6.07) is 5.69. The number of aliphatic carboxylic acids is 1. The molecule has 0 aliphatic heterocycles. The number of benzene rings is 1. The summed E-state index contributed by atoms with van der Waals surface area (Å²) in [6.07, 6.45) is 0. The standard InChI is InChI=1S/C13H17IN2O3/c1-8-6-9(14)4-5-10(8)16-11(17)7-15-13(2,3)12(18)19/h4-6,15H,7H2,1-3H3,(H,16,17)(H,18,19). The predicted octanol–water partition coefficient (Wildman–Crippen LogP) is 1.99. The molecule has 0 saturated heterocycles. The molecule has 0 heterocycles. The molecule has 0 bridgehead atoms. The first-order valence-electron chi connectivity index (χ1n) is 5.77. The molecule has 5 nitrogen and oxygen atoms in total. The van der Waals surface area contributed by atoms with E-state index in [0.717, 1.165) is 14.8 Å². The molecule has 0 atom stereocenters. The van der Waals surface area contributed by atoms with Crippen molar-refractivity contribution in [2.24, 2.45) is 0 Å².